The molecule has 5 heteroatoms. The number of carboxylic acid groups (broad SMARTS) is 1. The van der Waals surface area contributed by atoms with Gasteiger partial charge in [0.05, 0.1) is 5.02 Å². The molecule has 0 aromatic heterocycles. The number of carbonyl (C=O) groups is 1. The number of rotatable bonds is 8. The molecule has 3 rings (SSSR count). The maximum Gasteiger partial charge on any atom is 0.341 e. The van der Waals surface area contributed by atoms with Gasteiger partial charge in [0.25, 0.3) is 0 Å². The fraction of sp³-hybridized carbons (Fsp3) is 0.160. The summed E-state index contributed by atoms with van der Waals surface area (Å²) in [5, 5.41) is 9.13. The fourth-order valence-corrected chi connectivity index (χ4v) is 4.03. The molecule has 0 atom stereocenters. The molecule has 0 bridgehead atoms. The second-order valence-electron chi connectivity index (χ2n) is 6.94. The van der Waals surface area contributed by atoms with Crippen molar-refractivity contribution in [2.45, 2.75) is 18.7 Å². The van der Waals surface area contributed by atoms with Gasteiger partial charge in [0, 0.05) is 10.6 Å². The molecule has 154 valence electrons. The van der Waals surface area contributed by atoms with E-state index in [0.29, 0.717) is 10.8 Å². The van der Waals surface area contributed by atoms with Gasteiger partial charge in [-0.2, -0.15) is 0 Å². The summed E-state index contributed by atoms with van der Waals surface area (Å²) in [6.07, 6.45) is 2.22. The maximum atomic E-state index is 10.6. The van der Waals surface area contributed by atoms with Crippen LogP contribution in [0.15, 0.2) is 77.7 Å². The van der Waals surface area contributed by atoms with Crippen molar-refractivity contribution in [3.63, 3.8) is 0 Å². The quantitative estimate of drug-likeness (QED) is 0.400. The van der Waals surface area contributed by atoms with Crippen LogP contribution in [0.5, 0.6) is 5.75 Å². The number of hydrogen-bond acceptors (Lipinski definition) is 3. The molecule has 3 aromatic rings. The van der Waals surface area contributed by atoms with Crippen LogP contribution in [0.1, 0.15) is 22.3 Å². The molecule has 0 radical (unpaired) electrons. The first-order valence-electron chi connectivity index (χ1n) is 9.53. The summed E-state index contributed by atoms with van der Waals surface area (Å²) in [5.74, 6) is 0.108. The van der Waals surface area contributed by atoms with Crippen molar-refractivity contribution >= 4 is 34.9 Å². The van der Waals surface area contributed by atoms with Crippen molar-refractivity contribution in [3.8, 4) is 5.75 Å². The van der Waals surface area contributed by atoms with Crippen LogP contribution in [0.3, 0.4) is 0 Å². The molecule has 0 amide bonds. The molecule has 0 saturated heterocycles. The zero-order chi connectivity index (χ0) is 21.5. The summed E-state index contributed by atoms with van der Waals surface area (Å²) in [7, 11) is 0. The Labute approximate surface area is 186 Å². The van der Waals surface area contributed by atoms with Crippen molar-refractivity contribution in [1.82, 2.24) is 0 Å². The lowest BCUT2D eigenvalue weighted by atomic mass is 9.96. The molecule has 3 nitrogen and oxygen atoms in total. The highest BCUT2D eigenvalue weighted by atomic mass is 35.5. The monoisotopic (exact) mass is 438 g/mol. The molecule has 0 spiro atoms. The van der Waals surface area contributed by atoms with Gasteiger partial charge in [0.15, 0.2) is 6.61 Å². The van der Waals surface area contributed by atoms with Crippen molar-refractivity contribution in [2.75, 3.05) is 12.4 Å². The maximum absolute atomic E-state index is 10.6. The summed E-state index contributed by atoms with van der Waals surface area (Å²) < 4.78 is 5.18. The van der Waals surface area contributed by atoms with Gasteiger partial charge in [-0.1, -0.05) is 77.3 Å². The van der Waals surface area contributed by atoms with E-state index >= 15 is 0 Å². The highest BCUT2D eigenvalue weighted by Crippen LogP contribution is 2.31. The molecule has 0 unspecified atom stereocenters. The number of aryl methyl sites for hydroxylation is 2. The second-order valence-corrected chi connectivity index (χ2v) is 8.44. The van der Waals surface area contributed by atoms with Crippen LogP contribution in [-0.2, 0) is 4.79 Å². The minimum Gasteiger partial charge on any atom is -0.480 e. The van der Waals surface area contributed by atoms with E-state index in [0.717, 1.165) is 10.6 Å². The zero-order valence-corrected chi connectivity index (χ0v) is 18.5. The second kappa shape index (κ2) is 10.4. The number of thioether (sulfide) groups is 1. The summed E-state index contributed by atoms with van der Waals surface area (Å²) in [6, 6.07) is 22.5. The average molecular weight is 439 g/mol. The molecular formula is C25H23ClO3S. The first-order chi connectivity index (χ1) is 14.4. The molecule has 3 aromatic carbocycles. The van der Waals surface area contributed by atoms with Gasteiger partial charge in [-0.25, -0.2) is 4.79 Å². The molecular weight excluding hydrogens is 416 g/mol. The van der Waals surface area contributed by atoms with Crippen molar-refractivity contribution in [3.05, 3.63) is 100 Å². The lowest BCUT2D eigenvalue weighted by Gasteiger charge is -2.11. The van der Waals surface area contributed by atoms with Crippen molar-refractivity contribution in [1.29, 1.82) is 0 Å². The summed E-state index contributed by atoms with van der Waals surface area (Å²) in [5.41, 5.74) is 6.02. The normalized spacial score (nSPS) is 10.5. The van der Waals surface area contributed by atoms with E-state index in [1.54, 1.807) is 23.9 Å². The predicted molar refractivity (Wildman–Crippen MR) is 125 cm³/mol. The minimum absolute atomic E-state index is 0.374. The molecule has 0 heterocycles. The largest absolute Gasteiger partial charge is 0.480 e. The van der Waals surface area contributed by atoms with Gasteiger partial charge < -0.3 is 9.84 Å². The van der Waals surface area contributed by atoms with E-state index in [-0.39, 0.29) is 0 Å². The van der Waals surface area contributed by atoms with Crippen LogP contribution in [0, 0.1) is 13.8 Å². The molecule has 0 fully saturated rings. The third-order valence-corrected chi connectivity index (χ3v) is 5.73. The van der Waals surface area contributed by atoms with E-state index in [4.69, 9.17) is 21.4 Å². The van der Waals surface area contributed by atoms with Gasteiger partial charge in [-0.05, 0) is 48.7 Å². The number of benzene rings is 3. The van der Waals surface area contributed by atoms with Crippen LogP contribution in [0.2, 0.25) is 5.02 Å². The summed E-state index contributed by atoms with van der Waals surface area (Å²) in [6.45, 7) is 3.76. The Morgan fingerprint density at radius 1 is 0.967 bits per heavy atom. The van der Waals surface area contributed by atoms with Gasteiger partial charge in [-0.3, -0.25) is 0 Å². The Kier molecular flexibility index (Phi) is 7.61. The van der Waals surface area contributed by atoms with Crippen molar-refractivity contribution < 1.29 is 14.6 Å². The number of hydrogen-bond donors (Lipinski definition) is 1. The topological polar surface area (TPSA) is 46.5 Å². The van der Waals surface area contributed by atoms with Crippen LogP contribution < -0.4 is 4.74 Å². The lowest BCUT2D eigenvalue weighted by Crippen LogP contribution is -2.09. The fourth-order valence-electron chi connectivity index (χ4n) is 2.92. The van der Waals surface area contributed by atoms with Crippen LogP contribution in [0.4, 0.5) is 0 Å². The van der Waals surface area contributed by atoms with Crippen molar-refractivity contribution in [2.24, 2.45) is 0 Å². The van der Waals surface area contributed by atoms with Crippen LogP contribution in [0.25, 0.3) is 5.57 Å². The smallest absolute Gasteiger partial charge is 0.341 e. The summed E-state index contributed by atoms with van der Waals surface area (Å²) in [4.78, 5) is 11.6. The predicted octanol–water partition coefficient (Wildman–Crippen LogP) is 6.64. The van der Waals surface area contributed by atoms with Gasteiger partial charge in [0.2, 0.25) is 0 Å². The highest BCUT2D eigenvalue weighted by molar-refractivity contribution is 7.99. The number of aliphatic carboxylic acids is 1. The third-order valence-electron chi connectivity index (χ3n) is 4.52. The van der Waals surface area contributed by atoms with E-state index in [9.17, 15) is 4.79 Å². The molecule has 1 N–H and O–H groups in total. The van der Waals surface area contributed by atoms with Crippen LogP contribution >= 0.6 is 23.4 Å². The Morgan fingerprint density at radius 2 is 1.53 bits per heavy atom. The molecule has 0 aliphatic carbocycles. The van der Waals surface area contributed by atoms with Gasteiger partial charge in [0.1, 0.15) is 5.75 Å². The molecule has 0 saturated carbocycles. The summed E-state index contributed by atoms with van der Waals surface area (Å²) >= 11 is 7.89. The Hall–Kier alpha value is -2.69. The average Bonchev–Trinajstić information content (AvgIpc) is 2.72. The number of ether oxygens (including phenoxy) is 1. The van der Waals surface area contributed by atoms with E-state index < -0.39 is 12.6 Å². The Bertz CT molecular complexity index is 993. The lowest BCUT2D eigenvalue weighted by molar-refractivity contribution is -0.139. The SMILES string of the molecule is Cc1ccc(C(=CCSc2ccc(OCC(=O)O)c(Cl)c2)c2ccc(C)cc2)cc1. The first-order valence-corrected chi connectivity index (χ1v) is 10.9. The zero-order valence-electron chi connectivity index (χ0n) is 16.9. The first kappa shape index (κ1) is 22.0. The van der Waals surface area contributed by atoms with Crippen LogP contribution in [-0.4, -0.2) is 23.4 Å². The number of halogens is 1. The number of carboxylic acids is 1. The highest BCUT2D eigenvalue weighted by Gasteiger charge is 2.08. The van der Waals surface area contributed by atoms with E-state index in [1.807, 2.05) is 6.07 Å². The Balaban J connectivity index is 1.77. The molecule has 0 aliphatic rings. The Morgan fingerprint density at radius 3 is 2.03 bits per heavy atom. The molecule has 0 aliphatic heterocycles. The third kappa shape index (κ3) is 6.15. The van der Waals surface area contributed by atoms with Gasteiger partial charge >= 0.3 is 5.97 Å². The van der Waals surface area contributed by atoms with E-state index in [2.05, 4.69) is 68.5 Å². The standard InChI is InChI=1S/C25H23ClO3S/c1-17-3-7-19(8-4-17)22(20-9-5-18(2)6-10-20)13-14-30-21-11-12-24(23(26)15-21)29-16-25(27)28/h3-13,15H,14,16H2,1-2H3,(H,27,28). The van der Waals surface area contributed by atoms with E-state index in [1.165, 1.54) is 27.8 Å². The molecule has 30 heavy (non-hydrogen) atoms. The minimum atomic E-state index is -1.03. The van der Waals surface area contributed by atoms with Gasteiger partial charge in [-0.15, -0.1) is 11.8 Å².